The Kier molecular flexibility index (Phi) is 5.60. The highest BCUT2D eigenvalue weighted by atomic mass is 32.1. The van der Waals surface area contributed by atoms with E-state index in [1.807, 2.05) is 25.3 Å². The Hall–Kier alpha value is -3.46. The molecule has 0 saturated carbocycles. The number of carbonyl (C=O) groups excluding carboxylic acids is 1. The quantitative estimate of drug-likeness (QED) is 0.565. The molecule has 0 bridgehead atoms. The summed E-state index contributed by atoms with van der Waals surface area (Å²) in [5, 5.41) is 4.26. The molecule has 8 nitrogen and oxygen atoms in total. The number of rotatable bonds is 5. The smallest absolute Gasteiger partial charge is 0.338 e. The van der Waals surface area contributed by atoms with E-state index in [0.717, 1.165) is 17.7 Å². The van der Waals surface area contributed by atoms with Crippen molar-refractivity contribution in [1.29, 1.82) is 0 Å². The van der Waals surface area contributed by atoms with Gasteiger partial charge in [-0.1, -0.05) is 23.5 Å². The van der Waals surface area contributed by atoms with Crippen LogP contribution in [0.1, 0.15) is 31.0 Å². The minimum Gasteiger partial charge on any atom is -0.497 e. The van der Waals surface area contributed by atoms with Gasteiger partial charge in [-0.25, -0.2) is 9.79 Å². The van der Waals surface area contributed by atoms with Crippen molar-refractivity contribution in [2.24, 2.45) is 4.99 Å². The van der Waals surface area contributed by atoms with Gasteiger partial charge in [-0.2, -0.15) is 5.10 Å². The largest absolute Gasteiger partial charge is 0.497 e. The zero-order chi connectivity index (χ0) is 22.1. The van der Waals surface area contributed by atoms with Gasteiger partial charge in [0.1, 0.15) is 5.75 Å². The molecule has 0 N–H and O–H groups in total. The molecule has 2 aromatic heterocycles. The van der Waals surface area contributed by atoms with Crippen LogP contribution < -0.4 is 19.6 Å². The van der Waals surface area contributed by atoms with Gasteiger partial charge in [0, 0.05) is 18.3 Å². The van der Waals surface area contributed by atoms with Crippen LogP contribution in [0.4, 0.5) is 0 Å². The third-order valence-electron chi connectivity index (χ3n) is 5.13. The number of nitrogens with zero attached hydrogens (tertiary/aromatic N) is 4. The first-order valence-corrected chi connectivity index (χ1v) is 10.6. The molecule has 160 valence electrons. The van der Waals surface area contributed by atoms with E-state index in [9.17, 15) is 9.59 Å². The Balaban J connectivity index is 1.93. The van der Waals surface area contributed by atoms with Crippen LogP contribution in [-0.4, -0.2) is 34.5 Å². The van der Waals surface area contributed by atoms with E-state index in [1.165, 1.54) is 18.4 Å². The first kappa shape index (κ1) is 20.8. The summed E-state index contributed by atoms with van der Waals surface area (Å²) in [7, 11) is 2.91. The molecule has 0 amide bonds. The lowest BCUT2D eigenvalue weighted by Crippen LogP contribution is -2.39. The van der Waals surface area contributed by atoms with E-state index < -0.39 is 12.0 Å². The normalized spacial score (nSPS) is 16.1. The Morgan fingerprint density at radius 3 is 2.61 bits per heavy atom. The van der Waals surface area contributed by atoms with Crippen LogP contribution in [0.3, 0.4) is 0 Å². The molecule has 0 spiro atoms. The number of methoxy groups -OCH3 is 2. The highest BCUT2D eigenvalue weighted by Gasteiger charge is 2.33. The zero-order valence-electron chi connectivity index (χ0n) is 17.7. The third kappa shape index (κ3) is 3.72. The number of thiazole rings is 1. The summed E-state index contributed by atoms with van der Waals surface area (Å²) in [5.74, 6) is 0.171. The molecule has 3 heterocycles. The van der Waals surface area contributed by atoms with E-state index in [0.29, 0.717) is 26.4 Å². The number of allylic oxidation sites excluding steroid dienone is 1. The van der Waals surface area contributed by atoms with E-state index in [2.05, 4.69) is 10.1 Å². The second kappa shape index (κ2) is 8.35. The summed E-state index contributed by atoms with van der Waals surface area (Å²) in [6.07, 6.45) is 5.39. The van der Waals surface area contributed by atoms with Crippen molar-refractivity contribution in [3.05, 3.63) is 78.7 Å². The van der Waals surface area contributed by atoms with Crippen molar-refractivity contribution >= 4 is 23.4 Å². The molecule has 9 heteroatoms. The number of fused-ring (bicyclic) bond motifs is 1. The van der Waals surface area contributed by atoms with Crippen molar-refractivity contribution < 1.29 is 14.3 Å². The molecular formula is C22H22N4O4S. The van der Waals surface area contributed by atoms with Gasteiger partial charge in [-0.3, -0.25) is 14.0 Å². The monoisotopic (exact) mass is 438 g/mol. The van der Waals surface area contributed by atoms with E-state index in [-0.39, 0.29) is 5.56 Å². The summed E-state index contributed by atoms with van der Waals surface area (Å²) < 4.78 is 14.1. The standard InChI is InChI=1S/C22H22N4O4S/c1-5-25-12-14(11-23-25)10-17-20(27)26-19(15-6-8-16(29-3)9-7-15)18(21(28)30-4)13(2)24-22(26)31-17/h6-12,19H,5H2,1-4H3/b17-10+/t19-/m1/s1. The number of esters is 1. The lowest BCUT2D eigenvalue weighted by Gasteiger charge is -2.24. The number of hydrogen-bond acceptors (Lipinski definition) is 7. The van der Waals surface area contributed by atoms with Crippen LogP contribution in [0.2, 0.25) is 0 Å². The summed E-state index contributed by atoms with van der Waals surface area (Å²) in [4.78, 5) is 31.1. The summed E-state index contributed by atoms with van der Waals surface area (Å²) in [6.45, 7) is 4.50. The number of benzene rings is 1. The van der Waals surface area contributed by atoms with Crippen LogP contribution in [0.5, 0.6) is 5.75 Å². The minimum atomic E-state index is -0.643. The van der Waals surface area contributed by atoms with Gasteiger partial charge in [0.05, 0.1) is 42.3 Å². The van der Waals surface area contributed by atoms with Crippen molar-refractivity contribution in [3.63, 3.8) is 0 Å². The predicted octanol–water partition coefficient (Wildman–Crippen LogP) is 1.63. The van der Waals surface area contributed by atoms with Crippen molar-refractivity contribution in [1.82, 2.24) is 14.3 Å². The average molecular weight is 439 g/mol. The minimum absolute atomic E-state index is 0.220. The zero-order valence-corrected chi connectivity index (χ0v) is 18.5. The maximum atomic E-state index is 13.4. The maximum Gasteiger partial charge on any atom is 0.338 e. The molecule has 31 heavy (non-hydrogen) atoms. The fourth-order valence-corrected chi connectivity index (χ4v) is 4.62. The van der Waals surface area contributed by atoms with E-state index >= 15 is 0 Å². The van der Waals surface area contributed by atoms with Crippen molar-refractivity contribution in [3.8, 4) is 5.75 Å². The highest BCUT2D eigenvalue weighted by Crippen LogP contribution is 2.31. The van der Waals surface area contributed by atoms with Crippen molar-refractivity contribution in [2.75, 3.05) is 14.2 Å². The molecule has 0 aliphatic carbocycles. The van der Waals surface area contributed by atoms with Gasteiger partial charge < -0.3 is 9.47 Å². The first-order valence-electron chi connectivity index (χ1n) is 9.74. The molecule has 1 aromatic carbocycles. The maximum absolute atomic E-state index is 13.4. The van der Waals surface area contributed by atoms with Crippen LogP contribution in [0.25, 0.3) is 6.08 Å². The van der Waals surface area contributed by atoms with Gasteiger partial charge in [0.25, 0.3) is 5.56 Å². The Bertz CT molecular complexity index is 1350. The van der Waals surface area contributed by atoms with Gasteiger partial charge in [-0.05, 0) is 37.6 Å². The average Bonchev–Trinajstić information content (AvgIpc) is 3.36. The molecule has 1 atom stereocenters. The van der Waals surface area contributed by atoms with Crippen molar-refractivity contribution in [2.45, 2.75) is 26.4 Å². The van der Waals surface area contributed by atoms with Gasteiger partial charge in [-0.15, -0.1) is 0 Å². The van der Waals surface area contributed by atoms with Crippen LogP contribution >= 0.6 is 11.3 Å². The fourth-order valence-electron chi connectivity index (χ4n) is 3.57. The second-order valence-electron chi connectivity index (χ2n) is 6.98. The molecule has 0 fully saturated rings. The second-order valence-corrected chi connectivity index (χ2v) is 7.99. The highest BCUT2D eigenvalue weighted by molar-refractivity contribution is 7.07. The van der Waals surface area contributed by atoms with Crippen LogP contribution in [0.15, 0.2) is 57.7 Å². The molecule has 0 saturated heterocycles. The Morgan fingerprint density at radius 2 is 2.00 bits per heavy atom. The number of aromatic nitrogens is 3. The third-order valence-corrected chi connectivity index (χ3v) is 6.12. The van der Waals surface area contributed by atoms with E-state index in [4.69, 9.17) is 9.47 Å². The Morgan fingerprint density at radius 1 is 1.26 bits per heavy atom. The number of ether oxygens (including phenoxy) is 2. The van der Waals surface area contributed by atoms with Crippen LogP contribution in [0, 0.1) is 0 Å². The molecule has 4 rings (SSSR count). The lowest BCUT2D eigenvalue weighted by atomic mass is 9.96. The van der Waals surface area contributed by atoms with Crippen LogP contribution in [-0.2, 0) is 16.1 Å². The Labute approximate surface area is 182 Å². The molecule has 0 radical (unpaired) electrons. The molecule has 3 aromatic rings. The summed E-state index contributed by atoms with van der Waals surface area (Å²) in [6, 6.07) is 6.64. The van der Waals surface area contributed by atoms with Gasteiger partial charge in [0.15, 0.2) is 4.80 Å². The molecule has 1 aliphatic rings. The molecular weight excluding hydrogens is 416 g/mol. The topological polar surface area (TPSA) is 87.7 Å². The van der Waals surface area contributed by atoms with E-state index in [1.54, 1.807) is 47.7 Å². The molecule has 1 aliphatic heterocycles. The predicted molar refractivity (Wildman–Crippen MR) is 117 cm³/mol. The molecule has 0 unspecified atom stereocenters. The number of aryl methyl sites for hydroxylation is 1. The lowest BCUT2D eigenvalue weighted by molar-refractivity contribution is -0.136. The first-order chi connectivity index (χ1) is 15.0. The van der Waals surface area contributed by atoms with Gasteiger partial charge in [0.2, 0.25) is 0 Å². The van der Waals surface area contributed by atoms with Gasteiger partial charge >= 0.3 is 5.97 Å². The summed E-state index contributed by atoms with van der Waals surface area (Å²) in [5.41, 5.74) is 2.24. The number of hydrogen-bond donors (Lipinski definition) is 0. The fraction of sp³-hybridized carbons (Fsp3) is 0.273. The number of carbonyl (C=O) groups is 1. The SMILES string of the molecule is CCn1cc(/C=c2/sc3n(c2=O)[C@H](c2ccc(OC)cc2)C(C(=O)OC)=C(C)N=3)cn1. The summed E-state index contributed by atoms with van der Waals surface area (Å²) >= 11 is 1.29.